The molecule has 1 aliphatic carbocycles. The third-order valence-electron chi connectivity index (χ3n) is 3.12. The fourth-order valence-electron chi connectivity index (χ4n) is 1.75. The summed E-state index contributed by atoms with van der Waals surface area (Å²) in [5, 5.41) is 8.73. The Kier molecular flexibility index (Phi) is 4.37. The minimum Gasteiger partial charge on any atom is -0.396 e. The summed E-state index contributed by atoms with van der Waals surface area (Å²) in [7, 11) is -3.35. The molecule has 0 aliphatic heterocycles. The van der Waals surface area contributed by atoms with Gasteiger partial charge in [-0.2, -0.15) is 0 Å². The van der Waals surface area contributed by atoms with E-state index in [0.717, 1.165) is 24.8 Å². The summed E-state index contributed by atoms with van der Waals surface area (Å²) in [5.74, 6) is 0.531. The van der Waals surface area contributed by atoms with Crippen molar-refractivity contribution in [2.45, 2.75) is 30.6 Å². The highest BCUT2D eigenvalue weighted by molar-refractivity contribution is 7.89. The highest BCUT2D eigenvalue weighted by Gasteiger charge is 2.24. The van der Waals surface area contributed by atoms with E-state index < -0.39 is 10.0 Å². The second-order valence-corrected chi connectivity index (χ2v) is 6.53. The minimum atomic E-state index is -3.35. The molecule has 5 heteroatoms. The van der Waals surface area contributed by atoms with Gasteiger partial charge in [0, 0.05) is 13.2 Å². The normalized spacial score (nSPS) is 15.8. The predicted molar refractivity (Wildman–Crippen MR) is 69.8 cm³/mol. The monoisotopic (exact) mass is 269 g/mol. The van der Waals surface area contributed by atoms with Crippen molar-refractivity contribution in [1.29, 1.82) is 0 Å². The zero-order chi connectivity index (χ0) is 13.0. The van der Waals surface area contributed by atoms with Crippen LogP contribution >= 0.6 is 0 Å². The number of sulfonamides is 1. The first-order valence-electron chi connectivity index (χ1n) is 6.31. The van der Waals surface area contributed by atoms with Gasteiger partial charge in [0.25, 0.3) is 0 Å². The Bertz CT molecular complexity index is 477. The molecule has 2 rings (SSSR count). The lowest BCUT2D eigenvalue weighted by atomic mass is 10.1. The fraction of sp³-hybridized carbons (Fsp3) is 0.538. The van der Waals surface area contributed by atoms with Crippen LogP contribution in [0.1, 0.15) is 24.8 Å². The molecular formula is C13H19NO3S. The van der Waals surface area contributed by atoms with E-state index in [-0.39, 0.29) is 6.61 Å². The molecule has 2 N–H and O–H groups in total. The summed E-state index contributed by atoms with van der Waals surface area (Å²) in [6.45, 7) is 0.706. The van der Waals surface area contributed by atoms with Crippen LogP contribution in [0.2, 0.25) is 0 Å². The quantitative estimate of drug-likeness (QED) is 0.784. The molecule has 0 bridgehead atoms. The van der Waals surface area contributed by atoms with Gasteiger partial charge in [-0.1, -0.05) is 12.1 Å². The van der Waals surface area contributed by atoms with Crippen LogP contribution in [0.25, 0.3) is 0 Å². The van der Waals surface area contributed by atoms with E-state index in [1.807, 2.05) is 0 Å². The number of aliphatic hydroxyl groups is 1. The van der Waals surface area contributed by atoms with Crippen molar-refractivity contribution in [3.63, 3.8) is 0 Å². The lowest BCUT2D eigenvalue weighted by molar-refractivity contribution is 0.288. The highest BCUT2D eigenvalue weighted by Crippen LogP contribution is 2.28. The van der Waals surface area contributed by atoms with Gasteiger partial charge in [0.15, 0.2) is 0 Å². The molecule has 100 valence electrons. The summed E-state index contributed by atoms with van der Waals surface area (Å²) < 4.78 is 26.5. The maximum absolute atomic E-state index is 11.9. The summed E-state index contributed by atoms with van der Waals surface area (Å²) in [5.41, 5.74) is 1.05. The molecule has 0 saturated heterocycles. The Hall–Kier alpha value is -0.910. The lowest BCUT2D eigenvalue weighted by Gasteiger charge is -2.07. The van der Waals surface area contributed by atoms with Crippen molar-refractivity contribution in [2.75, 3.05) is 13.2 Å². The first kappa shape index (κ1) is 13.5. The van der Waals surface area contributed by atoms with E-state index in [0.29, 0.717) is 23.8 Å². The number of benzene rings is 1. The van der Waals surface area contributed by atoms with Gasteiger partial charge in [-0.25, -0.2) is 13.1 Å². The SMILES string of the molecule is O=S(=O)(NCC1CC1)c1ccc(CCCO)cc1. The van der Waals surface area contributed by atoms with E-state index in [1.165, 1.54) is 0 Å². The van der Waals surface area contributed by atoms with Crippen molar-refractivity contribution in [3.05, 3.63) is 29.8 Å². The predicted octanol–water partition coefficient (Wildman–Crippen LogP) is 1.30. The molecule has 0 unspecified atom stereocenters. The molecule has 1 saturated carbocycles. The average Bonchev–Trinajstić information content (AvgIpc) is 3.19. The second-order valence-electron chi connectivity index (χ2n) is 4.77. The number of aliphatic hydroxyl groups excluding tert-OH is 1. The molecule has 1 fully saturated rings. The zero-order valence-electron chi connectivity index (χ0n) is 10.3. The zero-order valence-corrected chi connectivity index (χ0v) is 11.1. The molecule has 1 aromatic rings. The third kappa shape index (κ3) is 3.80. The summed E-state index contributed by atoms with van der Waals surface area (Å²) in [6, 6.07) is 6.87. The van der Waals surface area contributed by atoms with Crippen molar-refractivity contribution in [2.24, 2.45) is 5.92 Å². The Balaban J connectivity index is 1.98. The van der Waals surface area contributed by atoms with Crippen LogP contribution in [0.4, 0.5) is 0 Å². The molecule has 0 radical (unpaired) electrons. The Morgan fingerprint density at radius 3 is 2.44 bits per heavy atom. The van der Waals surface area contributed by atoms with Gasteiger partial charge < -0.3 is 5.11 Å². The average molecular weight is 269 g/mol. The molecule has 1 aliphatic rings. The largest absolute Gasteiger partial charge is 0.396 e. The van der Waals surface area contributed by atoms with Crippen molar-refractivity contribution in [1.82, 2.24) is 4.72 Å². The van der Waals surface area contributed by atoms with Gasteiger partial charge in [-0.15, -0.1) is 0 Å². The molecule has 0 spiro atoms. The molecular weight excluding hydrogens is 250 g/mol. The molecule has 0 amide bonds. The van der Waals surface area contributed by atoms with E-state index in [1.54, 1.807) is 24.3 Å². The molecule has 18 heavy (non-hydrogen) atoms. The van der Waals surface area contributed by atoms with Gasteiger partial charge in [-0.3, -0.25) is 0 Å². The van der Waals surface area contributed by atoms with Crippen LogP contribution in [0.5, 0.6) is 0 Å². The van der Waals surface area contributed by atoms with Gasteiger partial charge in [0.1, 0.15) is 0 Å². The topological polar surface area (TPSA) is 66.4 Å². The first-order valence-corrected chi connectivity index (χ1v) is 7.79. The van der Waals surface area contributed by atoms with Crippen molar-refractivity contribution < 1.29 is 13.5 Å². The highest BCUT2D eigenvalue weighted by atomic mass is 32.2. The summed E-state index contributed by atoms with van der Waals surface area (Å²) in [4.78, 5) is 0.316. The van der Waals surface area contributed by atoms with E-state index in [2.05, 4.69) is 4.72 Å². The van der Waals surface area contributed by atoms with E-state index >= 15 is 0 Å². The van der Waals surface area contributed by atoms with E-state index in [4.69, 9.17) is 5.11 Å². The number of hydrogen-bond acceptors (Lipinski definition) is 3. The number of rotatable bonds is 7. The van der Waals surface area contributed by atoms with Crippen molar-refractivity contribution >= 4 is 10.0 Å². The van der Waals surface area contributed by atoms with Gasteiger partial charge >= 0.3 is 0 Å². The number of nitrogens with one attached hydrogen (secondary N) is 1. The van der Waals surface area contributed by atoms with Crippen molar-refractivity contribution in [3.8, 4) is 0 Å². The number of hydrogen-bond donors (Lipinski definition) is 2. The van der Waals surface area contributed by atoms with Gasteiger partial charge in [-0.05, 0) is 49.3 Å². The molecule has 1 aromatic carbocycles. The molecule has 0 aromatic heterocycles. The Labute approximate surface area is 108 Å². The van der Waals surface area contributed by atoms with Gasteiger partial charge in [0.2, 0.25) is 10.0 Å². The van der Waals surface area contributed by atoms with Crippen LogP contribution < -0.4 is 4.72 Å². The molecule has 4 nitrogen and oxygen atoms in total. The Morgan fingerprint density at radius 1 is 1.22 bits per heavy atom. The molecule has 0 heterocycles. The minimum absolute atomic E-state index is 0.156. The fourth-order valence-corrected chi connectivity index (χ4v) is 2.87. The van der Waals surface area contributed by atoms with E-state index in [9.17, 15) is 8.42 Å². The van der Waals surface area contributed by atoms with Crippen LogP contribution in [0.15, 0.2) is 29.2 Å². The maximum Gasteiger partial charge on any atom is 0.240 e. The Morgan fingerprint density at radius 2 is 1.89 bits per heavy atom. The van der Waals surface area contributed by atoms with Crippen LogP contribution in [0, 0.1) is 5.92 Å². The van der Waals surface area contributed by atoms with Crippen LogP contribution in [0.3, 0.4) is 0 Å². The summed E-state index contributed by atoms with van der Waals surface area (Å²) in [6.07, 6.45) is 3.73. The van der Waals surface area contributed by atoms with Crippen LogP contribution in [-0.4, -0.2) is 26.7 Å². The lowest BCUT2D eigenvalue weighted by Crippen LogP contribution is -2.25. The van der Waals surface area contributed by atoms with Crippen LogP contribution in [-0.2, 0) is 16.4 Å². The van der Waals surface area contributed by atoms with Gasteiger partial charge in [0.05, 0.1) is 4.90 Å². The second kappa shape index (κ2) is 5.82. The standard InChI is InChI=1S/C13H19NO3S/c15-9-1-2-11-5-7-13(8-6-11)18(16,17)14-10-12-3-4-12/h5-8,12,14-15H,1-4,9-10H2. The number of aryl methyl sites for hydroxylation is 1. The summed E-state index contributed by atoms with van der Waals surface area (Å²) >= 11 is 0. The first-order chi connectivity index (χ1) is 8.62. The maximum atomic E-state index is 11.9. The smallest absolute Gasteiger partial charge is 0.240 e. The third-order valence-corrected chi connectivity index (χ3v) is 4.56. The molecule has 0 atom stereocenters.